The molecule has 0 amide bonds. The molecule has 0 rings (SSSR count). The first-order valence-electron chi connectivity index (χ1n) is 3.42. The largest absolute Gasteiger partial charge is 0.392 e. The van der Waals surface area contributed by atoms with Crippen LogP contribution in [0.2, 0.25) is 0 Å². The first-order valence-corrected chi connectivity index (χ1v) is 3.42. The third-order valence-electron chi connectivity index (χ3n) is 1.31. The van der Waals surface area contributed by atoms with Crippen molar-refractivity contribution >= 4 is 5.78 Å². The second kappa shape index (κ2) is 5.18. The van der Waals surface area contributed by atoms with Crippen LogP contribution in [-0.2, 0) is 4.79 Å². The van der Waals surface area contributed by atoms with E-state index in [1.165, 1.54) is 0 Å². The molecule has 0 aliphatic heterocycles. The maximum Gasteiger partial charge on any atom is 0.130 e. The Morgan fingerprint density at radius 3 is 2.40 bits per heavy atom. The van der Waals surface area contributed by atoms with Crippen molar-refractivity contribution in [3.63, 3.8) is 0 Å². The molecule has 0 heterocycles. The van der Waals surface area contributed by atoms with Crippen molar-refractivity contribution in [3.8, 4) is 0 Å². The Balaban J connectivity index is 3.48. The van der Waals surface area contributed by atoms with Crippen LogP contribution in [0.1, 0.15) is 26.7 Å². The topological polar surface area (TPSA) is 37.3 Å². The number of allylic oxidation sites excluding steroid dienone is 1. The Kier molecular flexibility index (Phi) is 4.85. The number of carbonyl (C=O) groups excluding carboxylic acids is 1. The van der Waals surface area contributed by atoms with Gasteiger partial charge in [-0.1, -0.05) is 11.6 Å². The van der Waals surface area contributed by atoms with Crippen LogP contribution >= 0.6 is 0 Å². The van der Waals surface area contributed by atoms with Gasteiger partial charge in [0.05, 0.1) is 6.61 Å². The average molecular weight is 142 g/mol. The number of aliphatic hydroxyl groups is 1. The lowest BCUT2D eigenvalue weighted by Crippen LogP contribution is -1.90. The Morgan fingerprint density at radius 2 is 2.00 bits per heavy atom. The number of ketones is 1. The predicted molar refractivity (Wildman–Crippen MR) is 40.8 cm³/mol. The van der Waals surface area contributed by atoms with E-state index in [-0.39, 0.29) is 12.4 Å². The molecule has 0 aliphatic carbocycles. The zero-order valence-corrected chi connectivity index (χ0v) is 6.55. The lowest BCUT2D eigenvalue weighted by Gasteiger charge is -1.95. The Bertz CT molecular complexity index is 136. The Labute approximate surface area is 61.6 Å². The first-order chi connectivity index (χ1) is 4.66. The van der Waals surface area contributed by atoms with Gasteiger partial charge in [-0.05, 0) is 20.3 Å². The molecule has 0 saturated heterocycles. The zero-order valence-electron chi connectivity index (χ0n) is 6.55. The fourth-order valence-electron chi connectivity index (χ4n) is 0.631. The van der Waals surface area contributed by atoms with Gasteiger partial charge >= 0.3 is 0 Å². The van der Waals surface area contributed by atoms with Gasteiger partial charge in [0.25, 0.3) is 0 Å². The zero-order chi connectivity index (χ0) is 7.98. The lowest BCUT2D eigenvalue weighted by atomic mass is 10.1. The van der Waals surface area contributed by atoms with Crippen LogP contribution in [0.4, 0.5) is 0 Å². The van der Waals surface area contributed by atoms with Gasteiger partial charge in [-0.2, -0.15) is 0 Å². The quantitative estimate of drug-likeness (QED) is 0.600. The molecule has 0 aromatic heterocycles. The maximum absolute atomic E-state index is 10.5. The molecule has 58 valence electrons. The van der Waals surface area contributed by atoms with Crippen LogP contribution in [0.25, 0.3) is 0 Å². The highest BCUT2D eigenvalue weighted by Crippen LogP contribution is 2.02. The summed E-state index contributed by atoms with van der Waals surface area (Å²) in [7, 11) is 0. The summed E-state index contributed by atoms with van der Waals surface area (Å²) in [5.74, 6) is 0.200. The molecular formula is C8H14O2. The fourth-order valence-corrected chi connectivity index (χ4v) is 0.631. The van der Waals surface area contributed by atoms with Gasteiger partial charge in [0.2, 0.25) is 0 Å². The van der Waals surface area contributed by atoms with E-state index in [0.29, 0.717) is 6.42 Å². The van der Waals surface area contributed by atoms with Gasteiger partial charge < -0.3 is 9.90 Å². The molecule has 2 nitrogen and oxygen atoms in total. The Hall–Kier alpha value is -0.630. The molecule has 10 heavy (non-hydrogen) atoms. The van der Waals surface area contributed by atoms with Crippen molar-refractivity contribution < 1.29 is 9.90 Å². The van der Waals surface area contributed by atoms with E-state index in [0.717, 1.165) is 12.0 Å². The summed E-state index contributed by atoms with van der Waals surface area (Å²) in [6.45, 7) is 3.56. The maximum atomic E-state index is 10.5. The minimum absolute atomic E-state index is 0.0732. The molecule has 0 fully saturated rings. The molecule has 0 aliphatic rings. The third kappa shape index (κ3) is 5.51. The predicted octanol–water partition coefficient (Wildman–Crippen LogP) is 1.29. The van der Waals surface area contributed by atoms with E-state index < -0.39 is 0 Å². The SMILES string of the molecule is CC(=O)CC/C(C)=C/CO. The molecule has 0 spiro atoms. The van der Waals surface area contributed by atoms with Crippen molar-refractivity contribution in [2.75, 3.05) is 6.61 Å². The number of aliphatic hydroxyl groups excluding tert-OH is 1. The van der Waals surface area contributed by atoms with Crippen LogP contribution in [0, 0.1) is 0 Å². The smallest absolute Gasteiger partial charge is 0.130 e. The van der Waals surface area contributed by atoms with Gasteiger partial charge in [-0.3, -0.25) is 0 Å². The van der Waals surface area contributed by atoms with E-state index in [2.05, 4.69) is 0 Å². The van der Waals surface area contributed by atoms with Gasteiger partial charge in [-0.15, -0.1) is 0 Å². The molecule has 0 aromatic carbocycles. The molecule has 0 atom stereocenters. The standard InChI is InChI=1S/C8H14O2/c1-7(5-6-9)3-4-8(2)10/h5,9H,3-4,6H2,1-2H3/b7-5+. The van der Waals surface area contributed by atoms with E-state index in [4.69, 9.17) is 5.11 Å². The van der Waals surface area contributed by atoms with Crippen molar-refractivity contribution in [2.45, 2.75) is 26.7 Å². The number of carbonyl (C=O) groups is 1. The van der Waals surface area contributed by atoms with Gasteiger partial charge in [-0.25, -0.2) is 0 Å². The highest BCUT2D eigenvalue weighted by molar-refractivity contribution is 5.75. The molecule has 1 N–H and O–H groups in total. The first kappa shape index (κ1) is 9.37. The van der Waals surface area contributed by atoms with Crippen molar-refractivity contribution in [2.24, 2.45) is 0 Å². The highest BCUT2D eigenvalue weighted by atomic mass is 16.2. The summed E-state index contributed by atoms with van der Waals surface area (Å²) in [6, 6.07) is 0. The molecule has 2 heteroatoms. The van der Waals surface area contributed by atoms with E-state index in [1.807, 2.05) is 6.92 Å². The average Bonchev–Trinajstić information content (AvgIpc) is 1.85. The highest BCUT2D eigenvalue weighted by Gasteiger charge is 1.93. The lowest BCUT2D eigenvalue weighted by molar-refractivity contribution is -0.116. The van der Waals surface area contributed by atoms with Crippen LogP contribution in [-0.4, -0.2) is 17.5 Å². The van der Waals surface area contributed by atoms with Crippen LogP contribution in [0.15, 0.2) is 11.6 Å². The molecule has 0 aromatic rings. The molecule has 0 bridgehead atoms. The van der Waals surface area contributed by atoms with Crippen LogP contribution in [0.5, 0.6) is 0 Å². The fraction of sp³-hybridized carbons (Fsp3) is 0.625. The van der Waals surface area contributed by atoms with E-state index >= 15 is 0 Å². The summed E-state index contributed by atoms with van der Waals surface area (Å²) < 4.78 is 0. The summed E-state index contributed by atoms with van der Waals surface area (Å²) in [4.78, 5) is 10.5. The minimum Gasteiger partial charge on any atom is -0.392 e. The number of Topliss-reactive ketones (excluding diaryl/α,β-unsaturated/α-hetero) is 1. The Morgan fingerprint density at radius 1 is 1.40 bits per heavy atom. The molecule has 0 saturated carbocycles. The van der Waals surface area contributed by atoms with Crippen molar-refractivity contribution in [1.82, 2.24) is 0 Å². The second-order valence-corrected chi connectivity index (χ2v) is 2.44. The van der Waals surface area contributed by atoms with Gasteiger partial charge in [0.1, 0.15) is 5.78 Å². The number of hydrogen-bond donors (Lipinski definition) is 1. The van der Waals surface area contributed by atoms with E-state index in [1.54, 1.807) is 13.0 Å². The van der Waals surface area contributed by atoms with Gasteiger partial charge in [0, 0.05) is 6.42 Å². The summed E-state index contributed by atoms with van der Waals surface area (Å²) in [5.41, 5.74) is 1.08. The summed E-state index contributed by atoms with van der Waals surface area (Å²) in [5, 5.41) is 8.44. The van der Waals surface area contributed by atoms with Crippen molar-refractivity contribution in [3.05, 3.63) is 11.6 Å². The third-order valence-corrected chi connectivity index (χ3v) is 1.31. The summed E-state index contributed by atoms with van der Waals surface area (Å²) in [6.07, 6.45) is 3.08. The van der Waals surface area contributed by atoms with Crippen molar-refractivity contribution in [1.29, 1.82) is 0 Å². The van der Waals surface area contributed by atoms with Crippen LogP contribution in [0.3, 0.4) is 0 Å². The summed E-state index contributed by atoms with van der Waals surface area (Å²) >= 11 is 0. The van der Waals surface area contributed by atoms with E-state index in [9.17, 15) is 4.79 Å². The minimum atomic E-state index is 0.0732. The normalized spacial score (nSPS) is 11.7. The molecule has 0 radical (unpaired) electrons. The molecule has 0 unspecified atom stereocenters. The van der Waals surface area contributed by atoms with Gasteiger partial charge in [0.15, 0.2) is 0 Å². The number of rotatable bonds is 4. The molecular weight excluding hydrogens is 128 g/mol. The number of hydrogen-bond acceptors (Lipinski definition) is 2. The van der Waals surface area contributed by atoms with Crippen LogP contribution < -0.4 is 0 Å². The monoisotopic (exact) mass is 142 g/mol. The second-order valence-electron chi connectivity index (χ2n) is 2.44.